The maximum absolute atomic E-state index is 5.11. The highest BCUT2D eigenvalue weighted by molar-refractivity contribution is 9.10. The minimum atomic E-state index is 0.299. The fourth-order valence-corrected chi connectivity index (χ4v) is 2.21. The molecule has 1 unspecified atom stereocenters. The summed E-state index contributed by atoms with van der Waals surface area (Å²) >= 11 is 3.48. The lowest BCUT2D eigenvalue weighted by Gasteiger charge is -2.14. The Balaban J connectivity index is 2.13. The van der Waals surface area contributed by atoms with Crippen LogP contribution in [0.25, 0.3) is 0 Å². The van der Waals surface area contributed by atoms with Crippen LogP contribution in [0.2, 0.25) is 0 Å². The number of benzene rings is 1. The molecular formula is C13H14BrNO. The van der Waals surface area contributed by atoms with Crippen LogP contribution < -0.4 is 5.32 Å². The van der Waals surface area contributed by atoms with Crippen molar-refractivity contribution in [1.82, 2.24) is 5.32 Å². The quantitative estimate of drug-likeness (QED) is 0.926. The summed E-state index contributed by atoms with van der Waals surface area (Å²) in [7, 11) is 1.97. The molecule has 2 aromatic rings. The zero-order valence-corrected chi connectivity index (χ0v) is 10.7. The van der Waals surface area contributed by atoms with Crippen LogP contribution in [0.3, 0.4) is 0 Å². The Hall–Kier alpha value is -1.06. The van der Waals surface area contributed by atoms with E-state index in [2.05, 4.69) is 39.4 Å². The monoisotopic (exact) mass is 279 g/mol. The van der Waals surface area contributed by atoms with Gasteiger partial charge in [-0.25, -0.2) is 0 Å². The van der Waals surface area contributed by atoms with E-state index in [1.807, 2.05) is 19.2 Å². The first-order valence-corrected chi connectivity index (χ1v) is 6.02. The average Bonchev–Trinajstić information content (AvgIpc) is 2.79. The van der Waals surface area contributed by atoms with Crippen LogP contribution in [0.5, 0.6) is 0 Å². The lowest BCUT2D eigenvalue weighted by Crippen LogP contribution is -2.18. The Bertz CT molecular complexity index is 439. The molecule has 0 fully saturated rings. The maximum Gasteiger partial charge on any atom is 0.0950 e. The van der Waals surface area contributed by atoms with Crippen molar-refractivity contribution in [2.45, 2.75) is 12.5 Å². The van der Waals surface area contributed by atoms with Crippen molar-refractivity contribution in [3.8, 4) is 0 Å². The molecule has 1 N–H and O–H groups in total. The lowest BCUT2D eigenvalue weighted by atomic mass is 10.0. The normalized spacial score (nSPS) is 12.6. The van der Waals surface area contributed by atoms with Crippen molar-refractivity contribution in [1.29, 1.82) is 0 Å². The summed E-state index contributed by atoms with van der Waals surface area (Å²) in [6.45, 7) is 0. The largest absolute Gasteiger partial charge is 0.472 e. The van der Waals surface area contributed by atoms with Gasteiger partial charge in [-0.15, -0.1) is 0 Å². The van der Waals surface area contributed by atoms with Gasteiger partial charge in [-0.2, -0.15) is 0 Å². The molecule has 0 aliphatic rings. The van der Waals surface area contributed by atoms with E-state index >= 15 is 0 Å². The maximum atomic E-state index is 5.11. The highest BCUT2D eigenvalue weighted by Crippen LogP contribution is 2.20. The minimum Gasteiger partial charge on any atom is -0.472 e. The van der Waals surface area contributed by atoms with Crippen molar-refractivity contribution in [3.63, 3.8) is 0 Å². The van der Waals surface area contributed by atoms with Gasteiger partial charge in [0.05, 0.1) is 12.5 Å². The highest BCUT2D eigenvalue weighted by atomic mass is 79.9. The molecule has 0 amide bonds. The molecule has 1 atom stereocenters. The van der Waals surface area contributed by atoms with E-state index in [9.17, 15) is 0 Å². The van der Waals surface area contributed by atoms with E-state index in [4.69, 9.17) is 4.42 Å². The number of halogens is 1. The lowest BCUT2D eigenvalue weighted by molar-refractivity contribution is 0.542. The van der Waals surface area contributed by atoms with Crippen LogP contribution in [-0.2, 0) is 6.42 Å². The third kappa shape index (κ3) is 2.74. The summed E-state index contributed by atoms with van der Waals surface area (Å²) in [6, 6.07) is 10.7. The van der Waals surface area contributed by atoms with Gasteiger partial charge in [-0.1, -0.05) is 28.1 Å². The van der Waals surface area contributed by atoms with Crippen LogP contribution >= 0.6 is 15.9 Å². The van der Waals surface area contributed by atoms with E-state index in [1.54, 1.807) is 12.5 Å². The standard InChI is InChI=1S/C13H14BrNO/c1-15-13(11-5-6-16-9-11)8-10-3-2-4-12(14)7-10/h2-7,9,13,15H,8H2,1H3. The number of furan rings is 1. The molecule has 0 saturated heterocycles. The minimum absolute atomic E-state index is 0.299. The zero-order chi connectivity index (χ0) is 11.4. The molecule has 1 aromatic heterocycles. The summed E-state index contributed by atoms with van der Waals surface area (Å²) < 4.78 is 6.23. The smallest absolute Gasteiger partial charge is 0.0950 e. The van der Waals surface area contributed by atoms with Gasteiger partial charge in [0.15, 0.2) is 0 Å². The van der Waals surface area contributed by atoms with Crippen LogP contribution in [0.15, 0.2) is 51.7 Å². The van der Waals surface area contributed by atoms with Gasteiger partial charge in [-0.3, -0.25) is 0 Å². The SMILES string of the molecule is CNC(Cc1cccc(Br)c1)c1ccoc1. The fraction of sp³-hybridized carbons (Fsp3) is 0.231. The molecule has 0 radical (unpaired) electrons. The number of hydrogen-bond donors (Lipinski definition) is 1. The third-order valence-electron chi connectivity index (χ3n) is 2.62. The molecular weight excluding hydrogens is 266 g/mol. The topological polar surface area (TPSA) is 25.2 Å². The number of likely N-dealkylation sites (N-methyl/N-ethyl adjacent to an activating group) is 1. The van der Waals surface area contributed by atoms with Gasteiger partial charge >= 0.3 is 0 Å². The molecule has 0 aliphatic heterocycles. The fourth-order valence-electron chi connectivity index (χ4n) is 1.76. The van der Waals surface area contributed by atoms with E-state index < -0.39 is 0 Å². The van der Waals surface area contributed by atoms with Gasteiger partial charge in [0.1, 0.15) is 0 Å². The molecule has 1 heterocycles. The molecule has 84 valence electrons. The van der Waals surface area contributed by atoms with Gasteiger partial charge < -0.3 is 9.73 Å². The van der Waals surface area contributed by atoms with Crippen LogP contribution in [0.4, 0.5) is 0 Å². The summed E-state index contributed by atoms with van der Waals surface area (Å²) in [4.78, 5) is 0. The van der Waals surface area contributed by atoms with Crippen molar-refractivity contribution in [2.75, 3.05) is 7.05 Å². The number of nitrogens with one attached hydrogen (secondary N) is 1. The molecule has 0 bridgehead atoms. The molecule has 0 saturated carbocycles. The molecule has 16 heavy (non-hydrogen) atoms. The first kappa shape index (κ1) is 11.4. The zero-order valence-electron chi connectivity index (χ0n) is 9.11. The first-order chi connectivity index (χ1) is 7.79. The molecule has 0 aliphatic carbocycles. The van der Waals surface area contributed by atoms with Crippen molar-refractivity contribution in [3.05, 3.63) is 58.5 Å². The van der Waals surface area contributed by atoms with E-state index in [0.717, 1.165) is 10.9 Å². The average molecular weight is 280 g/mol. The predicted molar refractivity (Wildman–Crippen MR) is 68.4 cm³/mol. The first-order valence-electron chi connectivity index (χ1n) is 5.23. The summed E-state index contributed by atoms with van der Waals surface area (Å²) in [6.07, 6.45) is 4.45. The van der Waals surface area contributed by atoms with Gasteiger partial charge in [0.25, 0.3) is 0 Å². The Kier molecular flexibility index (Phi) is 3.80. The molecule has 3 heteroatoms. The second-order valence-electron chi connectivity index (χ2n) is 3.73. The van der Waals surface area contributed by atoms with E-state index in [0.29, 0.717) is 6.04 Å². The third-order valence-corrected chi connectivity index (χ3v) is 3.12. The second kappa shape index (κ2) is 5.32. The molecule has 2 rings (SSSR count). The van der Waals surface area contributed by atoms with Gasteiger partial charge in [0, 0.05) is 16.1 Å². The molecule has 1 aromatic carbocycles. The number of hydrogen-bond acceptors (Lipinski definition) is 2. The van der Waals surface area contributed by atoms with Crippen molar-refractivity contribution < 1.29 is 4.42 Å². The van der Waals surface area contributed by atoms with Crippen LogP contribution in [-0.4, -0.2) is 7.05 Å². The summed E-state index contributed by atoms with van der Waals surface area (Å²) in [5.74, 6) is 0. The Morgan fingerprint density at radius 1 is 1.38 bits per heavy atom. The Labute approximate surface area is 104 Å². The van der Waals surface area contributed by atoms with Gasteiger partial charge in [0.2, 0.25) is 0 Å². The molecule has 0 spiro atoms. The van der Waals surface area contributed by atoms with E-state index in [-0.39, 0.29) is 0 Å². The van der Waals surface area contributed by atoms with E-state index in [1.165, 1.54) is 11.1 Å². The Morgan fingerprint density at radius 2 is 2.25 bits per heavy atom. The van der Waals surface area contributed by atoms with Crippen LogP contribution in [0, 0.1) is 0 Å². The summed E-state index contributed by atoms with van der Waals surface area (Å²) in [5, 5.41) is 3.30. The summed E-state index contributed by atoms with van der Waals surface area (Å²) in [5.41, 5.74) is 2.48. The van der Waals surface area contributed by atoms with Crippen molar-refractivity contribution in [2.24, 2.45) is 0 Å². The highest BCUT2D eigenvalue weighted by Gasteiger charge is 2.11. The number of rotatable bonds is 4. The van der Waals surface area contributed by atoms with Crippen molar-refractivity contribution >= 4 is 15.9 Å². The Morgan fingerprint density at radius 3 is 2.88 bits per heavy atom. The van der Waals surface area contributed by atoms with Crippen LogP contribution in [0.1, 0.15) is 17.2 Å². The predicted octanol–water partition coefficient (Wildman–Crippen LogP) is 3.55. The van der Waals surface area contributed by atoms with Gasteiger partial charge in [-0.05, 0) is 37.2 Å². The second-order valence-corrected chi connectivity index (χ2v) is 4.65. The molecule has 2 nitrogen and oxygen atoms in total.